The third-order valence-electron chi connectivity index (χ3n) is 6.88. The Bertz CT molecular complexity index is 1240. The number of aromatic nitrogens is 3. The van der Waals surface area contributed by atoms with Crippen LogP contribution < -0.4 is 5.56 Å². The minimum absolute atomic E-state index is 0.00828. The second-order valence-electron chi connectivity index (χ2n) is 9.31. The molecule has 2 fully saturated rings. The first-order valence-corrected chi connectivity index (χ1v) is 11.2. The fourth-order valence-corrected chi connectivity index (χ4v) is 5.19. The molecule has 6 rings (SSSR count). The first-order valence-electron chi connectivity index (χ1n) is 11.2. The lowest BCUT2D eigenvalue weighted by molar-refractivity contribution is 0.0697. The number of hydrogen-bond donors (Lipinski definition) is 1. The van der Waals surface area contributed by atoms with E-state index in [2.05, 4.69) is 21.1 Å². The molecular formula is C24H24N4O4. The van der Waals surface area contributed by atoms with Crippen molar-refractivity contribution >= 4 is 5.97 Å². The van der Waals surface area contributed by atoms with Crippen molar-refractivity contribution in [2.24, 2.45) is 5.92 Å². The van der Waals surface area contributed by atoms with Crippen molar-refractivity contribution in [3.63, 3.8) is 0 Å². The van der Waals surface area contributed by atoms with Crippen LogP contribution in [-0.4, -0.2) is 43.8 Å². The summed E-state index contributed by atoms with van der Waals surface area (Å²) in [7, 11) is 0. The van der Waals surface area contributed by atoms with Crippen LogP contribution in [0.15, 0.2) is 45.7 Å². The van der Waals surface area contributed by atoms with Crippen molar-refractivity contribution in [2.75, 3.05) is 13.1 Å². The first-order chi connectivity index (χ1) is 15.5. The maximum atomic E-state index is 12.9. The van der Waals surface area contributed by atoms with Gasteiger partial charge in [-0.25, -0.2) is 4.79 Å². The zero-order chi connectivity index (χ0) is 21.8. The van der Waals surface area contributed by atoms with Gasteiger partial charge in [0.25, 0.3) is 5.56 Å². The number of nitrogens with zero attached hydrogens (tertiary/aromatic N) is 4. The van der Waals surface area contributed by atoms with Gasteiger partial charge in [-0.2, -0.15) is 4.98 Å². The van der Waals surface area contributed by atoms with Crippen LogP contribution in [0.2, 0.25) is 0 Å². The normalized spacial score (nSPS) is 22.5. The van der Waals surface area contributed by atoms with E-state index in [0.717, 1.165) is 61.5 Å². The number of benzene rings is 1. The third kappa shape index (κ3) is 3.54. The molecule has 3 aliphatic rings. The quantitative estimate of drug-likeness (QED) is 0.661. The smallest absolute Gasteiger partial charge is 0.335 e. The van der Waals surface area contributed by atoms with Crippen molar-refractivity contribution in [1.82, 2.24) is 19.6 Å². The summed E-state index contributed by atoms with van der Waals surface area (Å²) in [6, 6.07) is 10.4. The predicted molar refractivity (Wildman–Crippen MR) is 115 cm³/mol. The summed E-state index contributed by atoms with van der Waals surface area (Å²) in [5.41, 5.74) is 2.98. The highest BCUT2D eigenvalue weighted by Crippen LogP contribution is 2.39. The summed E-state index contributed by atoms with van der Waals surface area (Å²) in [5.74, 6) is 1.73. The standard InChI is InChI=1S/C24H24N4O4/c29-22-9-18(15-1-5-17(6-2-15)24(30)31)8-20-19-7-14(11-28(20)22)10-27(12-19)13-21-25-23(26-32-21)16-3-4-16/h1-2,5-6,8-9,14,16,19H,3-4,7,10-13H2,(H,30,31)/t14-,19+/m0/s1. The highest BCUT2D eigenvalue weighted by atomic mass is 16.5. The molecule has 1 aromatic carbocycles. The molecular weight excluding hydrogens is 408 g/mol. The molecule has 1 saturated heterocycles. The monoisotopic (exact) mass is 432 g/mol. The molecule has 1 saturated carbocycles. The minimum Gasteiger partial charge on any atom is -0.478 e. The molecule has 3 aromatic rings. The van der Waals surface area contributed by atoms with E-state index >= 15 is 0 Å². The van der Waals surface area contributed by atoms with Gasteiger partial charge in [0.1, 0.15) is 0 Å². The van der Waals surface area contributed by atoms with Crippen LogP contribution in [0.5, 0.6) is 0 Å². The van der Waals surface area contributed by atoms with E-state index < -0.39 is 5.97 Å². The summed E-state index contributed by atoms with van der Waals surface area (Å²) in [6.45, 7) is 3.13. The molecule has 0 radical (unpaired) electrons. The Morgan fingerprint density at radius 3 is 2.62 bits per heavy atom. The topological polar surface area (TPSA) is 101 Å². The van der Waals surface area contributed by atoms with Gasteiger partial charge in [0.15, 0.2) is 5.82 Å². The number of pyridine rings is 1. The van der Waals surface area contributed by atoms with Gasteiger partial charge in [0.2, 0.25) is 5.89 Å². The summed E-state index contributed by atoms with van der Waals surface area (Å²) < 4.78 is 7.40. The van der Waals surface area contributed by atoms with Gasteiger partial charge in [0, 0.05) is 43.2 Å². The number of carbonyl (C=O) groups is 1. The van der Waals surface area contributed by atoms with E-state index in [4.69, 9.17) is 9.63 Å². The number of likely N-dealkylation sites (tertiary alicyclic amines) is 1. The Kier molecular flexibility index (Phi) is 4.50. The van der Waals surface area contributed by atoms with Crippen LogP contribution in [0.25, 0.3) is 11.1 Å². The van der Waals surface area contributed by atoms with Crippen molar-refractivity contribution in [2.45, 2.75) is 44.2 Å². The van der Waals surface area contributed by atoms with Gasteiger partial charge in [-0.15, -0.1) is 0 Å². The number of hydrogen-bond acceptors (Lipinski definition) is 6. The van der Waals surface area contributed by atoms with E-state index in [1.54, 1.807) is 30.3 Å². The second kappa shape index (κ2) is 7.41. The molecule has 2 aromatic heterocycles. The van der Waals surface area contributed by atoms with Crippen molar-refractivity contribution < 1.29 is 14.4 Å². The van der Waals surface area contributed by atoms with Crippen LogP contribution >= 0.6 is 0 Å². The summed E-state index contributed by atoms with van der Waals surface area (Å²) in [6.07, 6.45) is 3.37. The summed E-state index contributed by atoms with van der Waals surface area (Å²) in [5, 5.41) is 13.3. The Balaban J connectivity index is 1.26. The van der Waals surface area contributed by atoms with E-state index in [0.29, 0.717) is 24.3 Å². The number of carboxylic acids is 1. The molecule has 2 bridgehead atoms. The van der Waals surface area contributed by atoms with Crippen LogP contribution in [0.4, 0.5) is 0 Å². The Morgan fingerprint density at radius 2 is 1.88 bits per heavy atom. The van der Waals surface area contributed by atoms with Gasteiger partial charge < -0.3 is 14.2 Å². The van der Waals surface area contributed by atoms with Gasteiger partial charge in [-0.1, -0.05) is 17.3 Å². The van der Waals surface area contributed by atoms with Gasteiger partial charge in [-0.05, 0) is 54.5 Å². The zero-order valence-electron chi connectivity index (χ0n) is 17.6. The van der Waals surface area contributed by atoms with Crippen LogP contribution in [0.1, 0.15) is 58.9 Å². The number of piperidine rings is 1. The zero-order valence-corrected chi connectivity index (χ0v) is 17.6. The van der Waals surface area contributed by atoms with E-state index in [-0.39, 0.29) is 17.0 Å². The van der Waals surface area contributed by atoms with Crippen LogP contribution in [0.3, 0.4) is 0 Å². The molecule has 0 unspecified atom stereocenters. The van der Waals surface area contributed by atoms with Gasteiger partial charge in [-0.3, -0.25) is 9.69 Å². The van der Waals surface area contributed by atoms with Crippen molar-refractivity contribution in [3.05, 3.63) is 69.7 Å². The molecule has 1 aliphatic carbocycles. The SMILES string of the molecule is O=C(O)c1ccc(-c2cc3n(c(=O)c2)C[C@H]2C[C@@H]3CN(Cc3nc(C4CC4)no3)C2)cc1. The first kappa shape index (κ1) is 19.4. The number of carboxylic acid groups (broad SMARTS) is 1. The van der Waals surface area contributed by atoms with Crippen molar-refractivity contribution in [1.29, 1.82) is 0 Å². The molecule has 4 heterocycles. The van der Waals surface area contributed by atoms with Gasteiger partial charge >= 0.3 is 5.97 Å². The van der Waals surface area contributed by atoms with Crippen molar-refractivity contribution in [3.8, 4) is 11.1 Å². The lowest BCUT2D eigenvalue weighted by Crippen LogP contribution is -2.46. The third-order valence-corrected chi connectivity index (χ3v) is 6.88. The number of fused-ring (bicyclic) bond motifs is 4. The Labute approximate surface area is 184 Å². The van der Waals surface area contributed by atoms with E-state index in [1.165, 1.54) is 0 Å². The number of rotatable bonds is 5. The summed E-state index contributed by atoms with van der Waals surface area (Å²) >= 11 is 0. The average molecular weight is 432 g/mol. The minimum atomic E-state index is -0.958. The lowest BCUT2D eigenvalue weighted by Gasteiger charge is -2.42. The fourth-order valence-electron chi connectivity index (χ4n) is 5.19. The molecule has 2 atom stereocenters. The molecule has 8 nitrogen and oxygen atoms in total. The fraction of sp³-hybridized carbons (Fsp3) is 0.417. The number of aromatic carboxylic acids is 1. The maximum absolute atomic E-state index is 12.9. The molecule has 2 aliphatic heterocycles. The highest BCUT2D eigenvalue weighted by molar-refractivity contribution is 5.88. The highest BCUT2D eigenvalue weighted by Gasteiger charge is 2.36. The van der Waals surface area contributed by atoms with Gasteiger partial charge in [0.05, 0.1) is 12.1 Å². The van der Waals surface area contributed by atoms with E-state index in [9.17, 15) is 9.59 Å². The Hall–Kier alpha value is -3.26. The Morgan fingerprint density at radius 1 is 1.06 bits per heavy atom. The molecule has 32 heavy (non-hydrogen) atoms. The summed E-state index contributed by atoms with van der Waals surface area (Å²) in [4.78, 5) is 31.0. The second-order valence-corrected chi connectivity index (χ2v) is 9.31. The van der Waals surface area contributed by atoms with Crippen LogP contribution in [-0.2, 0) is 13.1 Å². The molecule has 1 N–H and O–H groups in total. The van der Waals surface area contributed by atoms with Crippen LogP contribution in [0, 0.1) is 5.92 Å². The lowest BCUT2D eigenvalue weighted by atomic mass is 9.82. The largest absolute Gasteiger partial charge is 0.478 e. The molecule has 0 spiro atoms. The maximum Gasteiger partial charge on any atom is 0.335 e. The molecule has 8 heteroatoms. The predicted octanol–water partition coefficient (Wildman–Crippen LogP) is 3.09. The average Bonchev–Trinajstić information content (AvgIpc) is 3.53. The molecule has 164 valence electrons. The molecule has 0 amide bonds. The van der Waals surface area contributed by atoms with E-state index in [1.807, 2.05) is 4.57 Å².